The predicted molar refractivity (Wildman–Crippen MR) is 119 cm³/mol. The molecule has 0 aromatic carbocycles. The molecule has 1 N–H and O–H groups in total. The smallest absolute Gasteiger partial charge is 0.261 e. The summed E-state index contributed by atoms with van der Waals surface area (Å²) in [6.07, 6.45) is 15.9. The van der Waals surface area contributed by atoms with Crippen LogP contribution in [0.2, 0.25) is 0 Å². The summed E-state index contributed by atoms with van der Waals surface area (Å²) >= 11 is 0. The van der Waals surface area contributed by atoms with Crippen molar-refractivity contribution in [1.82, 2.24) is 10.2 Å². The van der Waals surface area contributed by atoms with E-state index in [1.807, 2.05) is 6.07 Å². The summed E-state index contributed by atoms with van der Waals surface area (Å²) < 4.78 is 5.72. The quantitative estimate of drug-likeness (QED) is 0.238. The average Bonchev–Trinajstić information content (AvgIpc) is 2.99. The summed E-state index contributed by atoms with van der Waals surface area (Å²) in [5.41, 5.74) is 0.0489. The Morgan fingerprint density at radius 3 is 2.24 bits per heavy atom. The molecule has 0 bridgehead atoms. The first-order chi connectivity index (χ1) is 14.0. The number of nitrogens with one attached hydrogen (secondary N) is 1. The zero-order chi connectivity index (χ0) is 21.5. The second-order valence-corrected chi connectivity index (χ2v) is 8.48. The molecule has 0 atom stereocenters. The zero-order valence-corrected chi connectivity index (χ0v) is 19.1. The van der Waals surface area contributed by atoms with Crippen LogP contribution in [0.4, 0.5) is 0 Å². The van der Waals surface area contributed by atoms with E-state index in [2.05, 4.69) is 37.9 Å². The maximum atomic E-state index is 12.2. The van der Waals surface area contributed by atoms with Gasteiger partial charge in [0.2, 0.25) is 0 Å². The van der Waals surface area contributed by atoms with E-state index in [4.69, 9.17) is 4.74 Å². The molecule has 0 aliphatic carbocycles. The maximum Gasteiger partial charge on any atom is 0.261 e. The van der Waals surface area contributed by atoms with Crippen LogP contribution in [0.1, 0.15) is 91.9 Å². The number of nitrogens with zero attached hydrogens (tertiary/aromatic N) is 2. The lowest BCUT2D eigenvalue weighted by Gasteiger charge is -2.28. The van der Waals surface area contributed by atoms with Gasteiger partial charge in [-0.2, -0.15) is 5.26 Å². The number of nitriles is 1. The van der Waals surface area contributed by atoms with E-state index in [0.717, 1.165) is 19.4 Å². The van der Waals surface area contributed by atoms with Gasteiger partial charge in [-0.1, -0.05) is 64.7 Å². The van der Waals surface area contributed by atoms with Crippen molar-refractivity contribution in [3.05, 3.63) is 23.6 Å². The summed E-state index contributed by atoms with van der Waals surface area (Å²) in [5, 5.41) is 12.2. The van der Waals surface area contributed by atoms with E-state index >= 15 is 0 Å². The molecule has 1 aliphatic rings. The zero-order valence-electron chi connectivity index (χ0n) is 19.1. The van der Waals surface area contributed by atoms with Crippen molar-refractivity contribution in [2.24, 2.45) is 0 Å². The molecule has 164 valence electrons. The highest BCUT2D eigenvalue weighted by molar-refractivity contribution is 5.97. The van der Waals surface area contributed by atoms with E-state index in [9.17, 15) is 10.1 Å². The Kier molecular flexibility index (Phi) is 12.2. The Hall–Kier alpha value is -1.96. The van der Waals surface area contributed by atoms with E-state index in [-0.39, 0.29) is 17.0 Å². The molecule has 0 aromatic heterocycles. The van der Waals surface area contributed by atoms with E-state index in [1.165, 1.54) is 51.4 Å². The number of unbranched alkanes of at least 4 members (excludes halogenated alkanes) is 9. The molecule has 1 fully saturated rings. The van der Waals surface area contributed by atoms with Crippen molar-refractivity contribution >= 4 is 5.91 Å². The van der Waals surface area contributed by atoms with E-state index in [1.54, 1.807) is 12.2 Å². The van der Waals surface area contributed by atoms with Crippen molar-refractivity contribution in [3.63, 3.8) is 0 Å². The molecular weight excluding hydrogens is 362 g/mol. The van der Waals surface area contributed by atoms with Crippen LogP contribution >= 0.6 is 0 Å². The third kappa shape index (κ3) is 9.39. The minimum absolute atomic E-state index is 0.0704. The van der Waals surface area contributed by atoms with Crippen LogP contribution in [0.5, 0.6) is 0 Å². The van der Waals surface area contributed by atoms with Gasteiger partial charge in [-0.25, -0.2) is 0 Å². The number of rotatable bonds is 14. The lowest BCUT2D eigenvalue weighted by Crippen LogP contribution is -2.39. The third-order valence-corrected chi connectivity index (χ3v) is 5.46. The Labute approximate surface area is 178 Å². The van der Waals surface area contributed by atoms with Gasteiger partial charge in [0, 0.05) is 13.1 Å². The number of likely N-dealkylation sites (N-methyl/N-ethyl adjacent to an activating group) is 1. The number of hydrogen-bond donors (Lipinski definition) is 1. The molecule has 29 heavy (non-hydrogen) atoms. The van der Waals surface area contributed by atoms with Crippen LogP contribution in [0, 0.1) is 11.3 Å². The van der Waals surface area contributed by atoms with Gasteiger partial charge in [-0.3, -0.25) is 4.79 Å². The molecule has 1 amide bonds. The summed E-state index contributed by atoms with van der Waals surface area (Å²) in [5.74, 6) is 0.410. The minimum Gasteiger partial charge on any atom is -0.477 e. The van der Waals surface area contributed by atoms with Crippen LogP contribution in [-0.2, 0) is 9.53 Å². The molecule has 0 spiro atoms. The standard InChI is InChI=1S/C24H41N3O2/c1-5-7-8-9-10-11-12-13-14-15-18-26-23(28)21(19-25)16-17-22-27(6-2)24(3,4)20-29-22/h16-17H,5-15,18,20H2,1-4H3,(H,26,28). The predicted octanol–water partition coefficient (Wildman–Crippen LogP) is 5.45. The van der Waals surface area contributed by atoms with Crippen LogP contribution in [0.3, 0.4) is 0 Å². The molecule has 5 heteroatoms. The molecule has 0 aromatic rings. The first-order valence-electron chi connectivity index (χ1n) is 11.5. The second kappa shape index (κ2) is 14.1. The Balaban J connectivity index is 2.26. The number of amides is 1. The van der Waals surface area contributed by atoms with Crippen LogP contribution in [0.25, 0.3) is 0 Å². The van der Waals surface area contributed by atoms with Gasteiger partial charge in [-0.05, 0) is 39.3 Å². The first-order valence-corrected chi connectivity index (χ1v) is 11.5. The third-order valence-electron chi connectivity index (χ3n) is 5.46. The van der Waals surface area contributed by atoms with Gasteiger partial charge >= 0.3 is 0 Å². The Morgan fingerprint density at radius 1 is 1.10 bits per heavy atom. The fourth-order valence-corrected chi connectivity index (χ4v) is 3.65. The summed E-state index contributed by atoms with van der Waals surface area (Å²) in [6.45, 7) is 10.6. The largest absolute Gasteiger partial charge is 0.477 e. The van der Waals surface area contributed by atoms with Crippen LogP contribution < -0.4 is 5.32 Å². The molecule has 0 radical (unpaired) electrons. The Bertz CT molecular complexity index is 587. The average molecular weight is 404 g/mol. The highest BCUT2D eigenvalue weighted by Gasteiger charge is 2.35. The van der Waals surface area contributed by atoms with Crippen molar-refractivity contribution in [2.75, 3.05) is 19.7 Å². The highest BCUT2D eigenvalue weighted by Crippen LogP contribution is 2.29. The molecule has 1 rings (SSSR count). The first kappa shape index (κ1) is 25.1. The van der Waals surface area contributed by atoms with Gasteiger partial charge in [0.25, 0.3) is 5.91 Å². The van der Waals surface area contributed by atoms with Crippen molar-refractivity contribution in [2.45, 2.75) is 97.4 Å². The molecule has 1 heterocycles. The van der Waals surface area contributed by atoms with Crippen LogP contribution in [-0.4, -0.2) is 36.0 Å². The van der Waals surface area contributed by atoms with Gasteiger partial charge in [0.05, 0.1) is 5.54 Å². The van der Waals surface area contributed by atoms with E-state index < -0.39 is 0 Å². The van der Waals surface area contributed by atoms with Gasteiger partial charge in [0.1, 0.15) is 18.2 Å². The SMILES string of the molecule is CCCCCCCCCCCCNC(=O)C(C#N)=CC=C1OCC(C)(C)N1CC. The summed E-state index contributed by atoms with van der Waals surface area (Å²) in [7, 11) is 0. The normalized spacial score (nSPS) is 17.3. The topological polar surface area (TPSA) is 65.4 Å². The summed E-state index contributed by atoms with van der Waals surface area (Å²) in [4.78, 5) is 14.4. The summed E-state index contributed by atoms with van der Waals surface area (Å²) in [6, 6.07) is 2.00. The van der Waals surface area contributed by atoms with Crippen molar-refractivity contribution < 1.29 is 9.53 Å². The number of carbonyl (C=O) groups is 1. The molecule has 0 saturated carbocycles. The number of carbonyl (C=O) groups excluding carboxylic acids is 1. The highest BCUT2D eigenvalue weighted by atomic mass is 16.5. The van der Waals surface area contributed by atoms with Gasteiger partial charge in [-0.15, -0.1) is 0 Å². The number of hydrogen-bond acceptors (Lipinski definition) is 4. The van der Waals surface area contributed by atoms with Crippen molar-refractivity contribution in [1.29, 1.82) is 5.26 Å². The molecule has 1 saturated heterocycles. The van der Waals surface area contributed by atoms with Crippen molar-refractivity contribution in [3.8, 4) is 6.07 Å². The fraction of sp³-hybridized carbons (Fsp3) is 0.750. The van der Waals surface area contributed by atoms with E-state index in [0.29, 0.717) is 19.0 Å². The van der Waals surface area contributed by atoms with Gasteiger partial charge < -0.3 is 15.0 Å². The minimum atomic E-state index is -0.305. The maximum absolute atomic E-state index is 12.2. The number of allylic oxidation sites excluding steroid dienone is 2. The van der Waals surface area contributed by atoms with Gasteiger partial charge in [0.15, 0.2) is 5.88 Å². The Morgan fingerprint density at radius 2 is 1.69 bits per heavy atom. The van der Waals surface area contributed by atoms with Crippen LogP contribution in [0.15, 0.2) is 23.6 Å². The second-order valence-electron chi connectivity index (χ2n) is 8.48. The lowest BCUT2D eigenvalue weighted by molar-refractivity contribution is -0.117. The fourth-order valence-electron chi connectivity index (χ4n) is 3.65. The molecule has 5 nitrogen and oxygen atoms in total. The number of ether oxygens (including phenoxy) is 1. The molecule has 0 unspecified atom stereocenters. The lowest BCUT2D eigenvalue weighted by atomic mass is 10.1. The molecule has 1 aliphatic heterocycles. The molecular formula is C24H41N3O2. The monoisotopic (exact) mass is 403 g/mol.